The molecule has 0 nitrogen and oxygen atoms in total. The summed E-state index contributed by atoms with van der Waals surface area (Å²) in [6, 6.07) is 0. The van der Waals surface area contributed by atoms with Gasteiger partial charge in [-0.2, -0.15) is 0 Å². The lowest BCUT2D eigenvalue weighted by molar-refractivity contribution is 0.606. The summed E-state index contributed by atoms with van der Waals surface area (Å²) in [7, 11) is 0. The van der Waals surface area contributed by atoms with Gasteiger partial charge in [-0.05, 0) is 50.4 Å². The topological polar surface area (TPSA) is 0 Å². The van der Waals surface area contributed by atoms with Crippen molar-refractivity contribution in [2.24, 2.45) is 5.92 Å². The molecule has 1 fully saturated rings. The highest BCUT2D eigenvalue weighted by Crippen LogP contribution is 2.44. The molecule has 1 unspecified atom stereocenters. The van der Waals surface area contributed by atoms with E-state index in [9.17, 15) is 0 Å². The zero-order valence-corrected chi connectivity index (χ0v) is 14.8. The maximum atomic E-state index is 2.42. The highest BCUT2D eigenvalue weighted by Gasteiger charge is 2.31. The summed E-state index contributed by atoms with van der Waals surface area (Å²) in [5, 5.41) is 0. The van der Waals surface area contributed by atoms with E-state index in [2.05, 4.69) is 26.0 Å². The van der Waals surface area contributed by atoms with Gasteiger partial charge in [-0.15, -0.1) is 0 Å². The molecular weight excluding hydrogens is 252 g/mol. The van der Waals surface area contributed by atoms with Gasteiger partial charge in [0.25, 0.3) is 0 Å². The van der Waals surface area contributed by atoms with E-state index < -0.39 is 0 Å². The quantitative estimate of drug-likeness (QED) is 0.215. The van der Waals surface area contributed by atoms with Crippen LogP contribution >= 0.6 is 0 Å². The number of unbranched alkanes of at least 4 members (excludes halogenated alkanes) is 11. The molecule has 0 aliphatic heterocycles. The predicted molar refractivity (Wildman–Crippen MR) is 96.5 cm³/mol. The van der Waals surface area contributed by atoms with Crippen molar-refractivity contribution in [1.29, 1.82) is 0 Å². The van der Waals surface area contributed by atoms with Gasteiger partial charge in [0.05, 0.1) is 0 Å². The van der Waals surface area contributed by atoms with Gasteiger partial charge in [-0.3, -0.25) is 0 Å². The Morgan fingerprint density at radius 2 is 1.24 bits per heavy atom. The summed E-state index contributed by atoms with van der Waals surface area (Å²) in [5.74, 6) is 2.81. The van der Waals surface area contributed by atoms with Crippen LogP contribution in [0, 0.1) is 11.8 Å². The monoisotopic (exact) mass is 291 g/mol. The average molecular weight is 292 g/mol. The van der Waals surface area contributed by atoms with E-state index in [1.165, 1.54) is 96.3 Å². The normalized spacial score (nSPS) is 18.7. The zero-order chi connectivity index (χ0) is 15.2. The van der Waals surface area contributed by atoms with Gasteiger partial charge in [-0.1, -0.05) is 83.8 Å². The van der Waals surface area contributed by atoms with Crippen LogP contribution in [-0.4, -0.2) is 0 Å². The molecule has 1 rings (SSSR count). The molecule has 0 heterocycles. The van der Waals surface area contributed by atoms with Gasteiger partial charge in [-0.25, -0.2) is 0 Å². The van der Waals surface area contributed by atoms with Crippen molar-refractivity contribution in [2.45, 2.75) is 110 Å². The lowest BCUT2D eigenvalue weighted by Gasteiger charge is -2.00. The van der Waals surface area contributed by atoms with E-state index in [-0.39, 0.29) is 0 Å². The smallest absolute Gasteiger partial charge is 0.0210 e. The van der Waals surface area contributed by atoms with Crippen LogP contribution in [0.1, 0.15) is 110 Å². The Labute approximate surface area is 134 Å². The van der Waals surface area contributed by atoms with Crippen molar-refractivity contribution in [3.8, 4) is 0 Å². The van der Waals surface area contributed by atoms with Crippen LogP contribution in [0.25, 0.3) is 0 Å². The zero-order valence-electron chi connectivity index (χ0n) is 14.8. The molecule has 0 bridgehead atoms. The van der Waals surface area contributed by atoms with Crippen LogP contribution in [0.4, 0.5) is 0 Å². The highest BCUT2D eigenvalue weighted by atomic mass is 14.4. The van der Waals surface area contributed by atoms with E-state index in [0.29, 0.717) is 0 Å². The lowest BCUT2D eigenvalue weighted by atomic mass is 10.1. The fourth-order valence-electron chi connectivity index (χ4n) is 3.11. The molecule has 123 valence electrons. The Morgan fingerprint density at radius 1 is 0.762 bits per heavy atom. The third-order valence-corrected chi connectivity index (χ3v) is 4.86. The summed E-state index contributed by atoms with van der Waals surface area (Å²) in [6.45, 7) is 4.65. The molecule has 0 amide bonds. The molecular formula is C21H39. The minimum atomic E-state index is 0.974. The lowest BCUT2D eigenvalue weighted by Crippen LogP contribution is -1.81. The third kappa shape index (κ3) is 12.0. The van der Waals surface area contributed by atoms with Crippen molar-refractivity contribution in [2.75, 3.05) is 0 Å². The summed E-state index contributed by atoms with van der Waals surface area (Å²) < 4.78 is 0. The Bertz CT molecular complexity index is 240. The van der Waals surface area contributed by atoms with Gasteiger partial charge < -0.3 is 0 Å². The number of rotatable bonds is 15. The van der Waals surface area contributed by atoms with Crippen LogP contribution < -0.4 is 0 Å². The fourth-order valence-corrected chi connectivity index (χ4v) is 3.11. The van der Waals surface area contributed by atoms with Gasteiger partial charge >= 0.3 is 0 Å². The summed E-state index contributed by atoms with van der Waals surface area (Å²) in [6.07, 6.45) is 26.0. The second-order valence-corrected chi connectivity index (χ2v) is 7.10. The number of hydrogen-bond donors (Lipinski definition) is 0. The summed E-state index contributed by atoms with van der Waals surface area (Å²) in [5.41, 5.74) is 0. The van der Waals surface area contributed by atoms with E-state index >= 15 is 0 Å². The molecule has 21 heavy (non-hydrogen) atoms. The molecule has 0 heteroatoms. The first-order valence-corrected chi connectivity index (χ1v) is 9.84. The third-order valence-electron chi connectivity index (χ3n) is 4.86. The van der Waals surface area contributed by atoms with Crippen molar-refractivity contribution in [1.82, 2.24) is 0 Å². The van der Waals surface area contributed by atoms with Crippen LogP contribution in [-0.2, 0) is 0 Å². The van der Waals surface area contributed by atoms with Crippen LogP contribution in [0.3, 0.4) is 0 Å². The molecule has 0 aromatic heterocycles. The van der Waals surface area contributed by atoms with Gasteiger partial charge in [0.15, 0.2) is 0 Å². The fraction of sp³-hybridized carbons (Fsp3) is 0.857. The molecule has 1 aliphatic rings. The number of hydrogen-bond acceptors (Lipinski definition) is 0. The first-order valence-electron chi connectivity index (χ1n) is 9.84. The van der Waals surface area contributed by atoms with E-state index in [1.54, 1.807) is 0 Å². The van der Waals surface area contributed by atoms with Crippen LogP contribution in [0.15, 0.2) is 12.2 Å². The Balaban J connectivity index is 1.68. The van der Waals surface area contributed by atoms with Gasteiger partial charge in [0, 0.05) is 0 Å². The molecule has 0 N–H and O–H groups in total. The maximum absolute atomic E-state index is 2.42. The average Bonchev–Trinajstić information content (AvgIpc) is 3.19. The van der Waals surface area contributed by atoms with E-state index in [0.717, 1.165) is 5.92 Å². The Morgan fingerprint density at radius 3 is 1.76 bits per heavy atom. The molecule has 1 atom stereocenters. The largest absolute Gasteiger partial charge is 0.0885 e. The molecule has 1 radical (unpaired) electrons. The van der Waals surface area contributed by atoms with Crippen molar-refractivity contribution in [3.05, 3.63) is 18.1 Å². The molecule has 0 spiro atoms. The minimum Gasteiger partial charge on any atom is -0.0885 e. The van der Waals surface area contributed by atoms with E-state index in [4.69, 9.17) is 0 Å². The Hall–Kier alpha value is -0.260. The first-order chi connectivity index (χ1) is 10.3. The maximum Gasteiger partial charge on any atom is -0.0210 e. The standard InChI is InChI=1S/C21H39/c1-3-4-5-6-7-8-9-10-11-12-13-14-15-16-17-18-21-19-20(21)2/h10-11,20H,3-9,12-19H2,1-2H3/b11-10-. The predicted octanol–water partition coefficient (Wildman–Crippen LogP) is 7.64. The summed E-state index contributed by atoms with van der Waals surface area (Å²) in [4.78, 5) is 0. The number of allylic oxidation sites excluding steroid dienone is 2. The van der Waals surface area contributed by atoms with Crippen molar-refractivity contribution in [3.63, 3.8) is 0 Å². The molecule has 1 saturated carbocycles. The second kappa shape index (κ2) is 13.4. The van der Waals surface area contributed by atoms with E-state index in [1.807, 2.05) is 5.92 Å². The van der Waals surface area contributed by atoms with Crippen molar-refractivity contribution < 1.29 is 0 Å². The highest BCUT2D eigenvalue weighted by molar-refractivity contribution is 5.11. The molecule has 0 saturated heterocycles. The Kier molecular flexibility index (Phi) is 12.0. The molecule has 0 aromatic rings. The SMILES string of the molecule is CCCCCCCC/C=C\CCCCCCC[C]1CC1C. The second-order valence-electron chi connectivity index (χ2n) is 7.10. The molecule has 1 aliphatic carbocycles. The summed E-state index contributed by atoms with van der Waals surface area (Å²) >= 11 is 0. The van der Waals surface area contributed by atoms with Gasteiger partial charge in [0.1, 0.15) is 0 Å². The first kappa shape index (κ1) is 18.8. The van der Waals surface area contributed by atoms with Crippen LogP contribution in [0.2, 0.25) is 0 Å². The van der Waals surface area contributed by atoms with Gasteiger partial charge in [0.2, 0.25) is 0 Å². The molecule has 0 aromatic carbocycles. The van der Waals surface area contributed by atoms with Crippen molar-refractivity contribution >= 4 is 0 Å². The van der Waals surface area contributed by atoms with Crippen LogP contribution in [0.5, 0.6) is 0 Å². The minimum absolute atomic E-state index is 0.974.